The maximum absolute atomic E-state index is 14.0. The summed E-state index contributed by atoms with van der Waals surface area (Å²) in [5, 5.41) is 2.45. The van der Waals surface area contributed by atoms with Gasteiger partial charge >= 0.3 is 0 Å². The van der Waals surface area contributed by atoms with Crippen molar-refractivity contribution in [1.82, 2.24) is 0 Å². The SMILES string of the molecule is CC(C)CCN(C)c1cc2c(cc1F)C(=O)C(=O)N2. The normalized spacial score (nSPS) is 13.7. The summed E-state index contributed by atoms with van der Waals surface area (Å²) in [4.78, 5) is 24.5. The summed E-state index contributed by atoms with van der Waals surface area (Å²) in [6.45, 7) is 4.92. The largest absolute Gasteiger partial charge is 0.372 e. The van der Waals surface area contributed by atoms with Crippen LogP contribution in [-0.4, -0.2) is 25.3 Å². The molecule has 1 aliphatic heterocycles. The lowest BCUT2D eigenvalue weighted by Crippen LogP contribution is -2.21. The van der Waals surface area contributed by atoms with Gasteiger partial charge in [-0.1, -0.05) is 13.8 Å². The van der Waals surface area contributed by atoms with Crippen LogP contribution in [0.4, 0.5) is 15.8 Å². The van der Waals surface area contributed by atoms with Crippen LogP contribution in [0, 0.1) is 11.7 Å². The molecule has 0 unspecified atom stereocenters. The van der Waals surface area contributed by atoms with E-state index in [-0.39, 0.29) is 5.56 Å². The molecular formula is C14H17FN2O2. The number of nitrogens with zero attached hydrogens (tertiary/aromatic N) is 1. The second-order valence-corrected chi connectivity index (χ2v) is 5.24. The lowest BCUT2D eigenvalue weighted by molar-refractivity contribution is -0.112. The van der Waals surface area contributed by atoms with E-state index in [9.17, 15) is 14.0 Å². The number of halogens is 1. The Hall–Kier alpha value is -1.91. The first kappa shape index (κ1) is 13.5. The van der Waals surface area contributed by atoms with Crippen LogP contribution in [0.1, 0.15) is 30.6 Å². The maximum atomic E-state index is 14.0. The van der Waals surface area contributed by atoms with Crippen LogP contribution in [0.15, 0.2) is 12.1 Å². The van der Waals surface area contributed by atoms with E-state index in [1.54, 1.807) is 11.9 Å². The fourth-order valence-corrected chi connectivity index (χ4v) is 2.02. The Morgan fingerprint density at radius 1 is 1.32 bits per heavy atom. The van der Waals surface area contributed by atoms with E-state index in [0.29, 0.717) is 17.3 Å². The molecule has 0 saturated carbocycles. The number of Topliss-reactive ketones (excluding diaryl/α,β-unsaturated/α-hetero) is 1. The summed E-state index contributed by atoms with van der Waals surface area (Å²) in [6.07, 6.45) is 0.943. The van der Waals surface area contributed by atoms with Crippen LogP contribution in [-0.2, 0) is 4.79 Å². The molecular weight excluding hydrogens is 247 g/mol. The molecule has 1 heterocycles. The standard InChI is InChI=1S/C14H17FN2O2/c1-8(2)4-5-17(3)12-7-11-9(6-10(12)15)13(18)14(19)16-11/h6-8H,4-5H2,1-3H3,(H,16,18,19). The monoisotopic (exact) mass is 264 g/mol. The molecule has 2 rings (SSSR count). The number of carbonyl (C=O) groups is 2. The van der Waals surface area contributed by atoms with Gasteiger partial charge in [0, 0.05) is 13.6 Å². The average molecular weight is 264 g/mol. The lowest BCUT2D eigenvalue weighted by Gasteiger charge is -2.21. The minimum atomic E-state index is -0.698. The van der Waals surface area contributed by atoms with Gasteiger partial charge in [0.2, 0.25) is 0 Å². The third-order valence-electron chi connectivity index (χ3n) is 3.24. The number of rotatable bonds is 4. The Morgan fingerprint density at radius 2 is 2.00 bits per heavy atom. The molecule has 1 amide bonds. The molecule has 0 spiro atoms. The van der Waals surface area contributed by atoms with Gasteiger partial charge in [-0.15, -0.1) is 0 Å². The molecule has 4 nitrogen and oxygen atoms in total. The number of anilines is 2. The number of carbonyl (C=O) groups excluding carboxylic acids is 2. The van der Waals surface area contributed by atoms with E-state index in [1.807, 2.05) is 0 Å². The lowest BCUT2D eigenvalue weighted by atomic mass is 10.1. The Labute approximate surface area is 111 Å². The van der Waals surface area contributed by atoms with Crippen molar-refractivity contribution in [3.63, 3.8) is 0 Å². The van der Waals surface area contributed by atoms with Gasteiger partial charge in [-0.3, -0.25) is 9.59 Å². The summed E-state index contributed by atoms with van der Waals surface area (Å²) >= 11 is 0. The van der Waals surface area contributed by atoms with Crippen molar-refractivity contribution in [3.05, 3.63) is 23.5 Å². The highest BCUT2D eigenvalue weighted by Crippen LogP contribution is 2.30. The number of fused-ring (bicyclic) bond motifs is 1. The van der Waals surface area contributed by atoms with E-state index in [0.717, 1.165) is 19.0 Å². The molecule has 0 radical (unpaired) electrons. The molecule has 0 aromatic heterocycles. The molecule has 1 N–H and O–H groups in total. The van der Waals surface area contributed by atoms with Gasteiger partial charge in [0.05, 0.1) is 16.9 Å². The zero-order valence-electron chi connectivity index (χ0n) is 11.3. The number of amides is 1. The minimum Gasteiger partial charge on any atom is -0.372 e. The van der Waals surface area contributed by atoms with Crippen molar-refractivity contribution < 1.29 is 14.0 Å². The summed E-state index contributed by atoms with van der Waals surface area (Å²) in [5.74, 6) is -1.32. The predicted molar refractivity (Wildman–Crippen MR) is 72.1 cm³/mol. The quantitative estimate of drug-likeness (QED) is 0.850. The van der Waals surface area contributed by atoms with Crippen molar-refractivity contribution in [2.24, 2.45) is 5.92 Å². The molecule has 0 saturated heterocycles. The summed E-state index contributed by atoms with van der Waals surface area (Å²) in [7, 11) is 1.80. The van der Waals surface area contributed by atoms with Gasteiger partial charge in [0.1, 0.15) is 5.82 Å². The third kappa shape index (κ3) is 2.59. The van der Waals surface area contributed by atoms with E-state index < -0.39 is 17.5 Å². The summed E-state index contributed by atoms with van der Waals surface area (Å²) < 4.78 is 14.0. The topological polar surface area (TPSA) is 49.4 Å². The first-order valence-electron chi connectivity index (χ1n) is 6.30. The smallest absolute Gasteiger partial charge is 0.296 e. The van der Waals surface area contributed by atoms with Gasteiger partial charge in [-0.05, 0) is 24.5 Å². The molecule has 0 aliphatic carbocycles. The highest BCUT2D eigenvalue weighted by atomic mass is 19.1. The minimum absolute atomic E-state index is 0.114. The summed E-state index contributed by atoms with van der Waals surface area (Å²) in [6, 6.07) is 2.66. The van der Waals surface area contributed by atoms with Crippen molar-refractivity contribution in [1.29, 1.82) is 0 Å². The highest BCUT2D eigenvalue weighted by Gasteiger charge is 2.29. The Kier molecular flexibility index (Phi) is 3.55. The van der Waals surface area contributed by atoms with Gasteiger partial charge in [-0.2, -0.15) is 0 Å². The molecule has 0 fully saturated rings. The molecule has 1 aromatic rings. The van der Waals surface area contributed by atoms with Crippen LogP contribution < -0.4 is 10.2 Å². The number of hydrogen-bond donors (Lipinski definition) is 1. The average Bonchev–Trinajstić information content (AvgIpc) is 2.61. The predicted octanol–water partition coefficient (Wildman–Crippen LogP) is 2.44. The fraction of sp³-hybridized carbons (Fsp3) is 0.429. The van der Waals surface area contributed by atoms with Crippen LogP contribution >= 0.6 is 0 Å². The number of benzene rings is 1. The fourth-order valence-electron chi connectivity index (χ4n) is 2.02. The molecule has 19 heavy (non-hydrogen) atoms. The van der Waals surface area contributed by atoms with Crippen molar-refractivity contribution in [3.8, 4) is 0 Å². The van der Waals surface area contributed by atoms with Gasteiger partial charge < -0.3 is 10.2 Å². The molecule has 1 aliphatic rings. The zero-order chi connectivity index (χ0) is 14.2. The number of nitrogens with one attached hydrogen (secondary N) is 1. The van der Waals surface area contributed by atoms with E-state index >= 15 is 0 Å². The van der Waals surface area contributed by atoms with Crippen LogP contribution in [0.5, 0.6) is 0 Å². The number of hydrogen-bond acceptors (Lipinski definition) is 3. The van der Waals surface area contributed by atoms with Crippen molar-refractivity contribution >= 4 is 23.1 Å². The van der Waals surface area contributed by atoms with E-state index in [4.69, 9.17) is 0 Å². The number of ketones is 1. The highest BCUT2D eigenvalue weighted by molar-refractivity contribution is 6.51. The van der Waals surface area contributed by atoms with E-state index in [1.165, 1.54) is 6.07 Å². The zero-order valence-corrected chi connectivity index (χ0v) is 11.3. The van der Waals surface area contributed by atoms with Gasteiger partial charge in [-0.25, -0.2) is 4.39 Å². The Morgan fingerprint density at radius 3 is 2.63 bits per heavy atom. The second kappa shape index (κ2) is 4.99. The van der Waals surface area contributed by atoms with Gasteiger partial charge in [0.25, 0.3) is 11.7 Å². The molecule has 1 aromatic carbocycles. The molecule has 0 bridgehead atoms. The second-order valence-electron chi connectivity index (χ2n) is 5.24. The summed E-state index contributed by atoms with van der Waals surface area (Å²) in [5.41, 5.74) is 0.903. The molecule has 102 valence electrons. The third-order valence-corrected chi connectivity index (χ3v) is 3.24. The Bertz CT molecular complexity index is 540. The van der Waals surface area contributed by atoms with E-state index in [2.05, 4.69) is 19.2 Å². The van der Waals surface area contributed by atoms with Crippen LogP contribution in [0.2, 0.25) is 0 Å². The molecule has 5 heteroatoms. The van der Waals surface area contributed by atoms with Gasteiger partial charge in [0.15, 0.2) is 0 Å². The first-order valence-corrected chi connectivity index (χ1v) is 6.30. The van der Waals surface area contributed by atoms with Crippen LogP contribution in [0.3, 0.4) is 0 Å². The van der Waals surface area contributed by atoms with Crippen molar-refractivity contribution in [2.75, 3.05) is 23.8 Å². The Balaban J connectivity index is 2.27. The van der Waals surface area contributed by atoms with Crippen molar-refractivity contribution in [2.45, 2.75) is 20.3 Å². The van der Waals surface area contributed by atoms with Crippen LogP contribution in [0.25, 0.3) is 0 Å². The maximum Gasteiger partial charge on any atom is 0.296 e. The first-order chi connectivity index (χ1) is 8.90. The molecule has 0 atom stereocenters.